The summed E-state index contributed by atoms with van der Waals surface area (Å²) in [6, 6.07) is 3.46. The van der Waals surface area contributed by atoms with Crippen molar-refractivity contribution in [3.63, 3.8) is 0 Å². The summed E-state index contributed by atoms with van der Waals surface area (Å²) in [6.07, 6.45) is 8.01. The standard InChI is InChI=1S/C14H18F2N2/c15-11-8-9-14(13(16)10-11)18-17-12-6-4-2-1-3-5-7-12/h8-10,18H,1-7H2. The van der Waals surface area contributed by atoms with Crippen LogP contribution in [0.2, 0.25) is 0 Å². The first-order valence-corrected chi connectivity index (χ1v) is 6.52. The molecule has 0 heterocycles. The maximum Gasteiger partial charge on any atom is 0.151 e. The molecule has 2 nitrogen and oxygen atoms in total. The van der Waals surface area contributed by atoms with Gasteiger partial charge in [0.05, 0.1) is 5.69 Å². The maximum atomic E-state index is 13.4. The van der Waals surface area contributed by atoms with Gasteiger partial charge in [0, 0.05) is 11.8 Å². The molecule has 0 bridgehead atoms. The van der Waals surface area contributed by atoms with Crippen molar-refractivity contribution < 1.29 is 8.78 Å². The molecule has 18 heavy (non-hydrogen) atoms. The second-order valence-electron chi connectivity index (χ2n) is 4.68. The average Bonchev–Trinajstić information content (AvgIpc) is 2.29. The molecule has 1 fully saturated rings. The Balaban J connectivity index is 1.99. The molecule has 1 aliphatic rings. The zero-order chi connectivity index (χ0) is 12.8. The third-order valence-corrected chi connectivity index (χ3v) is 3.20. The van der Waals surface area contributed by atoms with Crippen molar-refractivity contribution in [1.29, 1.82) is 0 Å². The quantitative estimate of drug-likeness (QED) is 0.771. The van der Waals surface area contributed by atoms with E-state index in [1.165, 1.54) is 31.4 Å². The summed E-state index contributed by atoms with van der Waals surface area (Å²) in [5.74, 6) is -1.18. The third kappa shape index (κ3) is 3.79. The Morgan fingerprint density at radius 2 is 1.61 bits per heavy atom. The Labute approximate surface area is 106 Å². The zero-order valence-electron chi connectivity index (χ0n) is 10.4. The van der Waals surface area contributed by atoms with Gasteiger partial charge in [0.1, 0.15) is 5.82 Å². The molecule has 1 N–H and O–H groups in total. The molecule has 2 rings (SSSR count). The Morgan fingerprint density at radius 3 is 2.28 bits per heavy atom. The molecule has 98 valence electrons. The van der Waals surface area contributed by atoms with Crippen LogP contribution in [0.15, 0.2) is 23.3 Å². The fraction of sp³-hybridized carbons (Fsp3) is 0.500. The van der Waals surface area contributed by atoms with Gasteiger partial charge in [0.15, 0.2) is 5.82 Å². The fourth-order valence-electron chi connectivity index (χ4n) is 2.14. The Kier molecular flexibility index (Phi) is 4.67. The number of anilines is 1. The van der Waals surface area contributed by atoms with E-state index in [1.54, 1.807) is 0 Å². The van der Waals surface area contributed by atoms with E-state index in [4.69, 9.17) is 0 Å². The Hall–Kier alpha value is -1.45. The Bertz CT molecular complexity index is 420. The highest BCUT2D eigenvalue weighted by molar-refractivity contribution is 5.85. The molecule has 0 aromatic heterocycles. The highest BCUT2D eigenvalue weighted by Gasteiger charge is 2.06. The topological polar surface area (TPSA) is 24.4 Å². The molecule has 1 aliphatic carbocycles. The van der Waals surface area contributed by atoms with E-state index >= 15 is 0 Å². The van der Waals surface area contributed by atoms with Gasteiger partial charge < -0.3 is 0 Å². The van der Waals surface area contributed by atoms with Gasteiger partial charge in [-0.3, -0.25) is 5.43 Å². The van der Waals surface area contributed by atoms with Crippen molar-refractivity contribution in [2.75, 3.05) is 5.43 Å². The van der Waals surface area contributed by atoms with E-state index in [-0.39, 0.29) is 5.69 Å². The Morgan fingerprint density at radius 1 is 0.944 bits per heavy atom. The predicted octanol–water partition coefficient (Wildman–Crippen LogP) is 4.48. The highest BCUT2D eigenvalue weighted by atomic mass is 19.1. The molecule has 1 aromatic rings. The lowest BCUT2D eigenvalue weighted by Gasteiger charge is -2.11. The second-order valence-corrected chi connectivity index (χ2v) is 4.68. The van der Waals surface area contributed by atoms with Crippen molar-refractivity contribution in [3.05, 3.63) is 29.8 Å². The van der Waals surface area contributed by atoms with Gasteiger partial charge in [-0.25, -0.2) is 8.78 Å². The van der Waals surface area contributed by atoms with Gasteiger partial charge >= 0.3 is 0 Å². The van der Waals surface area contributed by atoms with E-state index in [0.717, 1.165) is 37.5 Å². The minimum absolute atomic E-state index is 0.228. The van der Waals surface area contributed by atoms with Gasteiger partial charge in [-0.15, -0.1) is 0 Å². The number of hydrazone groups is 1. The molecule has 4 heteroatoms. The van der Waals surface area contributed by atoms with Crippen molar-refractivity contribution in [3.8, 4) is 0 Å². The molecular formula is C14H18F2N2. The first-order valence-electron chi connectivity index (χ1n) is 6.52. The zero-order valence-corrected chi connectivity index (χ0v) is 10.4. The summed E-state index contributed by atoms with van der Waals surface area (Å²) < 4.78 is 26.1. The number of nitrogens with one attached hydrogen (secondary N) is 1. The third-order valence-electron chi connectivity index (χ3n) is 3.20. The molecule has 0 saturated heterocycles. The number of nitrogens with zero attached hydrogens (tertiary/aromatic N) is 1. The largest absolute Gasteiger partial charge is 0.276 e. The van der Waals surface area contributed by atoms with Crippen LogP contribution in [0.1, 0.15) is 44.9 Å². The maximum absolute atomic E-state index is 13.4. The number of rotatable bonds is 2. The fourth-order valence-corrected chi connectivity index (χ4v) is 2.14. The van der Waals surface area contributed by atoms with Crippen LogP contribution in [0.5, 0.6) is 0 Å². The van der Waals surface area contributed by atoms with Crippen LogP contribution in [0.3, 0.4) is 0 Å². The van der Waals surface area contributed by atoms with E-state index in [0.29, 0.717) is 0 Å². The summed E-state index contributed by atoms with van der Waals surface area (Å²) in [7, 11) is 0. The highest BCUT2D eigenvalue weighted by Crippen LogP contribution is 2.17. The van der Waals surface area contributed by atoms with Crippen LogP contribution in [0.4, 0.5) is 14.5 Å². The SMILES string of the molecule is Fc1ccc(NN=C2CCCCCCC2)c(F)c1. The van der Waals surface area contributed by atoms with E-state index in [2.05, 4.69) is 10.5 Å². The van der Waals surface area contributed by atoms with E-state index < -0.39 is 11.6 Å². The first kappa shape index (κ1) is 13.0. The first-order chi connectivity index (χ1) is 8.75. The molecule has 0 atom stereocenters. The monoisotopic (exact) mass is 252 g/mol. The molecule has 0 aliphatic heterocycles. The summed E-state index contributed by atoms with van der Waals surface area (Å²) in [5.41, 5.74) is 4.01. The lowest BCUT2D eigenvalue weighted by molar-refractivity contribution is 0.585. The van der Waals surface area contributed by atoms with Gasteiger partial charge in [-0.1, -0.05) is 19.3 Å². The normalized spacial score (nSPS) is 16.9. The molecule has 0 radical (unpaired) electrons. The summed E-state index contributed by atoms with van der Waals surface area (Å²) in [4.78, 5) is 0. The van der Waals surface area contributed by atoms with Crippen LogP contribution >= 0.6 is 0 Å². The van der Waals surface area contributed by atoms with Gasteiger partial charge in [-0.05, 0) is 37.8 Å². The van der Waals surface area contributed by atoms with Crippen LogP contribution in [0, 0.1) is 11.6 Å². The second kappa shape index (κ2) is 6.47. The van der Waals surface area contributed by atoms with Crippen LogP contribution in [0.25, 0.3) is 0 Å². The smallest absolute Gasteiger partial charge is 0.151 e. The molecule has 0 unspecified atom stereocenters. The van der Waals surface area contributed by atoms with Crippen molar-refractivity contribution in [2.45, 2.75) is 44.9 Å². The molecular weight excluding hydrogens is 234 g/mol. The van der Waals surface area contributed by atoms with Gasteiger partial charge in [0.2, 0.25) is 0 Å². The van der Waals surface area contributed by atoms with Crippen molar-refractivity contribution in [2.24, 2.45) is 5.10 Å². The van der Waals surface area contributed by atoms with Crippen LogP contribution in [-0.2, 0) is 0 Å². The van der Waals surface area contributed by atoms with Crippen molar-refractivity contribution >= 4 is 11.4 Å². The number of hydrogen-bond donors (Lipinski definition) is 1. The number of hydrogen-bond acceptors (Lipinski definition) is 2. The van der Waals surface area contributed by atoms with Crippen LogP contribution in [-0.4, -0.2) is 5.71 Å². The molecule has 0 spiro atoms. The minimum Gasteiger partial charge on any atom is -0.276 e. The molecule has 1 aromatic carbocycles. The summed E-state index contributed by atoms with van der Waals surface area (Å²) in [5, 5.41) is 4.25. The molecule has 0 amide bonds. The molecule has 1 saturated carbocycles. The lowest BCUT2D eigenvalue weighted by Crippen LogP contribution is -2.05. The van der Waals surface area contributed by atoms with Crippen LogP contribution < -0.4 is 5.43 Å². The average molecular weight is 252 g/mol. The van der Waals surface area contributed by atoms with Crippen molar-refractivity contribution in [1.82, 2.24) is 0 Å². The number of benzene rings is 1. The van der Waals surface area contributed by atoms with E-state index in [1.807, 2.05) is 0 Å². The number of halogens is 2. The summed E-state index contributed by atoms with van der Waals surface area (Å²) >= 11 is 0. The lowest BCUT2D eigenvalue weighted by atomic mass is 9.99. The minimum atomic E-state index is -0.606. The summed E-state index contributed by atoms with van der Waals surface area (Å²) in [6.45, 7) is 0. The van der Waals surface area contributed by atoms with E-state index in [9.17, 15) is 8.78 Å². The predicted molar refractivity (Wildman–Crippen MR) is 69.7 cm³/mol. The van der Waals surface area contributed by atoms with Gasteiger partial charge in [0.25, 0.3) is 0 Å². The van der Waals surface area contributed by atoms with Gasteiger partial charge in [-0.2, -0.15) is 5.10 Å².